The second kappa shape index (κ2) is 5.38. The molecule has 1 amide bonds. The molecule has 0 radical (unpaired) electrons. The number of anilines is 1. The first-order valence-electron chi connectivity index (χ1n) is 5.76. The largest absolute Gasteiger partial charge is 0.497 e. The highest BCUT2D eigenvalue weighted by Gasteiger charge is 2.33. The van der Waals surface area contributed by atoms with Crippen molar-refractivity contribution in [2.24, 2.45) is 5.92 Å². The van der Waals surface area contributed by atoms with E-state index in [2.05, 4.69) is 0 Å². The summed E-state index contributed by atoms with van der Waals surface area (Å²) in [6.45, 7) is 0.359. The van der Waals surface area contributed by atoms with E-state index in [4.69, 9.17) is 15.4 Å². The van der Waals surface area contributed by atoms with Gasteiger partial charge in [0, 0.05) is 41.3 Å². The van der Waals surface area contributed by atoms with E-state index in [1.807, 2.05) is 0 Å². The van der Waals surface area contributed by atoms with Gasteiger partial charge in [-0.3, -0.25) is 4.79 Å². The molecule has 19 heavy (non-hydrogen) atoms. The molecular formula is C12H14ClNO4S. The number of ether oxygens (including phenoxy) is 1. The number of halogens is 1. The lowest BCUT2D eigenvalue weighted by Gasteiger charge is -2.17. The van der Waals surface area contributed by atoms with Crippen molar-refractivity contribution in [2.75, 3.05) is 24.3 Å². The van der Waals surface area contributed by atoms with Crippen LogP contribution >= 0.6 is 10.7 Å². The highest BCUT2D eigenvalue weighted by molar-refractivity contribution is 8.13. The Balaban J connectivity index is 2.15. The molecule has 1 atom stereocenters. The fourth-order valence-corrected chi connectivity index (χ4v) is 3.52. The van der Waals surface area contributed by atoms with Crippen LogP contribution < -0.4 is 9.64 Å². The Kier molecular flexibility index (Phi) is 4.01. The van der Waals surface area contributed by atoms with Gasteiger partial charge >= 0.3 is 0 Å². The third kappa shape index (κ3) is 3.61. The number of carbonyl (C=O) groups excluding carboxylic acids is 1. The molecule has 1 saturated heterocycles. The van der Waals surface area contributed by atoms with E-state index < -0.39 is 9.05 Å². The topological polar surface area (TPSA) is 63.7 Å². The molecule has 1 aliphatic rings. The van der Waals surface area contributed by atoms with Gasteiger partial charge in [-0.15, -0.1) is 0 Å². The van der Waals surface area contributed by atoms with Gasteiger partial charge in [-0.2, -0.15) is 0 Å². The van der Waals surface area contributed by atoms with Gasteiger partial charge in [0.2, 0.25) is 15.0 Å². The Morgan fingerprint density at radius 3 is 2.84 bits per heavy atom. The lowest BCUT2D eigenvalue weighted by molar-refractivity contribution is -0.117. The van der Waals surface area contributed by atoms with Gasteiger partial charge in [0.25, 0.3) is 0 Å². The molecule has 0 bridgehead atoms. The van der Waals surface area contributed by atoms with Gasteiger partial charge in [0.05, 0.1) is 12.9 Å². The zero-order chi connectivity index (χ0) is 14.0. The fraction of sp³-hybridized carbons (Fsp3) is 0.417. The Bertz CT molecular complexity index is 587. The van der Waals surface area contributed by atoms with Gasteiger partial charge in [0.15, 0.2) is 0 Å². The quantitative estimate of drug-likeness (QED) is 0.793. The summed E-state index contributed by atoms with van der Waals surface area (Å²) in [5.41, 5.74) is 0.707. The van der Waals surface area contributed by atoms with Crippen LogP contribution in [0, 0.1) is 5.92 Å². The van der Waals surface area contributed by atoms with Crippen molar-refractivity contribution in [3.8, 4) is 5.75 Å². The van der Waals surface area contributed by atoms with E-state index in [0.717, 1.165) is 0 Å². The van der Waals surface area contributed by atoms with Crippen LogP contribution in [0.5, 0.6) is 5.75 Å². The highest BCUT2D eigenvalue weighted by atomic mass is 35.7. The summed E-state index contributed by atoms with van der Waals surface area (Å²) in [6, 6.07) is 7.10. The summed E-state index contributed by atoms with van der Waals surface area (Å²) in [4.78, 5) is 13.5. The van der Waals surface area contributed by atoms with Crippen LogP contribution in [0.25, 0.3) is 0 Å². The Labute approximate surface area is 116 Å². The average molecular weight is 304 g/mol. The second-order valence-corrected chi connectivity index (χ2v) is 7.30. The Morgan fingerprint density at radius 1 is 1.47 bits per heavy atom. The summed E-state index contributed by atoms with van der Waals surface area (Å²) in [6.07, 6.45) is 0.198. The lowest BCUT2D eigenvalue weighted by atomic mass is 10.1. The fourth-order valence-electron chi connectivity index (χ4n) is 2.20. The first-order chi connectivity index (χ1) is 8.89. The molecule has 0 aliphatic carbocycles. The van der Waals surface area contributed by atoms with Crippen LogP contribution in [0.2, 0.25) is 0 Å². The van der Waals surface area contributed by atoms with Gasteiger partial charge in [-0.1, -0.05) is 6.07 Å². The van der Waals surface area contributed by atoms with Crippen molar-refractivity contribution in [3.63, 3.8) is 0 Å². The molecule has 0 N–H and O–H groups in total. The smallest absolute Gasteiger partial charge is 0.232 e. The van der Waals surface area contributed by atoms with Gasteiger partial charge < -0.3 is 9.64 Å². The van der Waals surface area contributed by atoms with Crippen LogP contribution in [0.15, 0.2) is 24.3 Å². The maximum atomic E-state index is 11.9. The number of carbonyl (C=O) groups is 1. The minimum absolute atomic E-state index is 0.0985. The van der Waals surface area contributed by atoms with Crippen LogP contribution in [0.4, 0.5) is 5.69 Å². The minimum atomic E-state index is -3.58. The molecule has 1 fully saturated rings. The van der Waals surface area contributed by atoms with E-state index in [1.54, 1.807) is 36.3 Å². The molecule has 5 nitrogen and oxygen atoms in total. The van der Waals surface area contributed by atoms with Crippen molar-refractivity contribution in [1.29, 1.82) is 0 Å². The van der Waals surface area contributed by atoms with Crippen molar-refractivity contribution in [2.45, 2.75) is 6.42 Å². The summed E-state index contributed by atoms with van der Waals surface area (Å²) in [5.74, 6) is 0.110. The molecule has 7 heteroatoms. The first-order valence-corrected chi connectivity index (χ1v) is 8.23. The van der Waals surface area contributed by atoms with E-state index >= 15 is 0 Å². The van der Waals surface area contributed by atoms with Gasteiger partial charge in [0.1, 0.15) is 5.75 Å². The number of benzene rings is 1. The second-order valence-electron chi connectivity index (χ2n) is 4.48. The maximum absolute atomic E-state index is 11.9. The molecule has 1 heterocycles. The lowest BCUT2D eigenvalue weighted by Crippen LogP contribution is -2.25. The molecule has 1 aromatic rings. The SMILES string of the molecule is COc1cccc(N2CC(CS(=O)(=O)Cl)CC2=O)c1. The standard InChI is InChI=1S/C12H14ClNO4S/c1-18-11-4-2-3-10(6-11)14-7-9(5-12(14)15)8-19(13,16)17/h2-4,6,9H,5,7-8H2,1H3. The van der Waals surface area contributed by atoms with Gasteiger partial charge in [-0.25, -0.2) is 8.42 Å². The van der Waals surface area contributed by atoms with E-state index in [1.165, 1.54) is 0 Å². The number of amides is 1. The molecule has 0 aromatic heterocycles. The van der Waals surface area contributed by atoms with E-state index in [0.29, 0.717) is 18.0 Å². The average Bonchev–Trinajstić information content (AvgIpc) is 2.68. The van der Waals surface area contributed by atoms with Crippen molar-refractivity contribution in [3.05, 3.63) is 24.3 Å². The summed E-state index contributed by atoms with van der Waals surface area (Å²) in [7, 11) is 3.19. The van der Waals surface area contributed by atoms with Crippen LogP contribution in [-0.2, 0) is 13.8 Å². The first kappa shape index (κ1) is 14.1. The minimum Gasteiger partial charge on any atom is -0.497 e. The number of hydrogen-bond acceptors (Lipinski definition) is 4. The number of hydrogen-bond donors (Lipinski definition) is 0. The van der Waals surface area contributed by atoms with E-state index in [-0.39, 0.29) is 24.0 Å². The summed E-state index contributed by atoms with van der Waals surface area (Å²) in [5, 5.41) is 0. The third-order valence-electron chi connectivity index (χ3n) is 3.00. The molecular weight excluding hydrogens is 290 g/mol. The molecule has 1 unspecified atom stereocenters. The number of methoxy groups -OCH3 is 1. The zero-order valence-electron chi connectivity index (χ0n) is 10.4. The van der Waals surface area contributed by atoms with Crippen molar-refractivity contribution in [1.82, 2.24) is 0 Å². The summed E-state index contributed by atoms with van der Waals surface area (Å²) < 4.78 is 27.2. The maximum Gasteiger partial charge on any atom is 0.232 e. The van der Waals surface area contributed by atoms with Crippen LogP contribution in [0.3, 0.4) is 0 Å². The molecule has 2 rings (SSSR count). The van der Waals surface area contributed by atoms with Crippen molar-refractivity contribution >= 4 is 31.3 Å². The number of nitrogens with zero attached hydrogens (tertiary/aromatic N) is 1. The van der Waals surface area contributed by atoms with Gasteiger partial charge in [-0.05, 0) is 12.1 Å². The van der Waals surface area contributed by atoms with E-state index in [9.17, 15) is 13.2 Å². The monoisotopic (exact) mass is 303 g/mol. The summed E-state index contributed by atoms with van der Waals surface area (Å²) >= 11 is 0. The third-order valence-corrected chi connectivity index (χ3v) is 4.25. The molecule has 104 valence electrons. The molecule has 1 aromatic carbocycles. The van der Waals surface area contributed by atoms with Crippen molar-refractivity contribution < 1.29 is 17.9 Å². The molecule has 0 spiro atoms. The Hall–Kier alpha value is -1.27. The zero-order valence-corrected chi connectivity index (χ0v) is 11.9. The highest BCUT2D eigenvalue weighted by Crippen LogP contribution is 2.28. The molecule has 1 aliphatic heterocycles. The molecule has 0 saturated carbocycles. The predicted octanol–water partition coefficient (Wildman–Crippen LogP) is 1.62. The number of rotatable bonds is 4. The van der Waals surface area contributed by atoms with Crippen LogP contribution in [-0.4, -0.2) is 33.7 Å². The Morgan fingerprint density at radius 2 is 2.21 bits per heavy atom. The predicted molar refractivity (Wildman–Crippen MR) is 73.1 cm³/mol. The normalized spacial score (nSPS) is 19.8. The van der Waals surface area contributed by atoms with Crippen LogP contribution in [0.1, 0.15) is 6.42 Å².